The maximum absolute atomic E-state index is 12.8. The minimum Gasteiger partial charge on any atom is -0.497 e. The largest absolute Gasteiger partial charge is 0.497 e. The third-order valence-corrected chi connectivity index (χ3v) is 6.74. The summed E-state index contributed by atoms with van der Waals surface area (Å²) in [5, 5.41) is 5.99. The molecule has 7 heteroatoms. The summed E-state index contributed by atoms with van der Waals surface area (Å²) in [6.45, 7) is 2.06. The van der Waals surface area contributed by atoms with E-state index in [1.54, 1.807) is 24.6 Å². The van der Waals surface area contributed by atoms with Crippen LogP contribution in [0.3, 0.4) is 0 Å². The molecule has 0 saturated heterocycles. The van der Waals surface area contributed by atoms with Crippen LogP contribution in [-0.2, 0) is 4.79 Å². The highest BCUT2D eigenvalue weighted by Gasteiger charge is 2.18. The van der Waals surface area contributed by atoms with E-state index in [9.17, 15) is 4.79 Å². The molecule has 2 aromatic carbocycles. The van der Waals surface area contributed by atoms with E-state index in [2.05, 4.69) is 47.6 Å². The number of ether oxygens (including phenoxy) is 1. The molecule has 5 nitrogen and oxygen atoms in total. The Labute approximate surface area is 190 Å². The first kappa shape index (κ1) is 21.2. The molecule has 0 aliphatic heterocycles. The number of nitrogens with one attached hydrogen (secondary N) is 1. The molecule has 0 radical (unpaired) electrons. The number of carbonyl (C=O) groups excluding carboxylic acids is 1. The zero-order chi connectivity index (χ0) is 21.6. The molecule has 1 unspecified atom stereocenters. The van der Waals surface area contributed by atoms with Gasteiger partial charge in [0.15, 0.2) is 5.16 Å². The van der Waals surface area contributed by atoms with Crippen molar-refractivity contribution in [2.75, 3.05) is 12.9 Å². The highest BCUT2D eigenvalue weighted by atomic mass is 32.2. The number of imidazole rings is 1. The molecule has 0 aliphatic rings. The molecule has 0 bridgehead atoms. The smallest absolute Gasteiger partial charge is 0.231 e. The van der Waals surface area contributed by atoms with Gasteiger partial charge in [0.05, 0.1) is 18.9 Å². The predicted octanol–water partition coefficient (Wildman–Crippen LogP) is 5.25. The standard InChI is InChI=1S/C24H23N3O2S2/c1-17-5-7-18(8-6-17)23(21-4-3-15-30-21)26-22(28)16-31-24-25-13-14-27(24)19-9-11-20(29-2)12-10-19/h3-15,23H,16H2,1-2H3,(H,26,28). The monoisotopic (exact) mass is 449 g/mol. The van der Waals surface area contributed by atoms with Crippen molar-refractivity contribution in [3.8, 4) is 11.4 Å². The maximum Gasteiger partial charge on any atom is 0.231 e. The molecule has 0 fully saturated rings. The lowest BCUT2D eigenvalue weighted by molar-refractivity contribution is -0.119. The van der Waals surface area contributed by atoms with Crippen molar-refractivity contribution >= 4 is 29.0 Å². The predicted molar refractivity (Wildman–Crippen MR) is 126 cm³/mol. The fraction of sp³-hybridized carbons (Fsp3) is 0.167. The van der Waals surface area contributed by atoms with Gasteiger partial charge in [0.2, 0.25) is 5.91 Å². The van der Waals surface area contributed by atoms with Gasteiger partial charge in [-0.05, 0) is 48.2 Å². The topological polar surface area (TPSA) is 56.2 Å². The van der Waals surface area contributed by atoms with Crippen molar-refractivity contribution in [3.63, 3.8) is 0 Å². The van der Waals surface area contributed by atoms with Gasteiger partial charge >= 0.3 is 0 Å². The highest BCUT2D eigenvalue weighted by Crippen LogP contribution is 2.27. The molecule has 1 amide bonds. The van der Waals surface area contributed by atoms with Crippen LogP contribution in [0.2, 0.25) is 0 Å². The Bertz CT molecular complexity index is 1120. The van der Waals surface area contributed by atoms with E-state index in [0.717, 1.165) is 27.0 Å². The Morgan fingerprint density at radius 3 is 2.61 bits per heavy atom. The summed E-state index contributed by atoms with van der Waals surface area (Å²) in [5.74, 6) is 1.04. The van der Waals surface area contributed by atoms with Crippen molar-refractivity contribution in [3.05, 3.63) is 94.4 Å². The van der Waals surface area contributed by atoms with Crippen LogP contribution in [0.1, 0.15) is 22.0 Å². The molecule has 158 valence electrons. The molecule has 4 rings (SSSR count). The third kappa shape index (κ3) is 5.18. The van der Waals surface area contributed by atoms with Crippen LogP contribution >= 0.6 is 23.1 Å². The van der Waals surface area contributed by atoms with E-state index in [1.807, 2.05) is 46.5 Å². The number of amides is 1. The van der Waals surface area contributed by atoms with Gasteiger partial charge in [-0.2, -0.15) is 0 Å². The van der Waals surface area contributed by atoms with Crippen molar-refractivity contribution in [2.45, 2.75) is 18.1 Å². The van der Waals surface area contributed by atoms with E-state index >= 15 is 0 Å². The second kappa shape index (κ2) is 9.85. The first-order chi connectivity index (χ1) is 15.1. The highest BCUT2D eigenvalue weighted by molar-refractivity contribution is 7.99. The molecular weight excluding hydrogens is 426 g/mol. The quantitative estimate of drug-likeness (QED) is 0.373. The van der Waals surface area contributed by atoms with Crippen molar-refractivity contribution < 1.29 is 9.53 Å². The second-order valence-electron chi connectivity index (χ2n) is 6.99. The molecule has 4 aromatic rings. The van der Waals surface area contributed by atoms with Crippen molar-refractivity contribution in [1.29, 1.82) is 0 Å². The average Bonchev–Trinajstić information content (AvgIpc) is 3.49. The van der Waals surface area contributed by atoms with Gasteiger partial charge in [0.25, 0.3) is 0 Å². The van der Waals surface area contributed by atoms with Crippen LogP contribution in [0.5, 0.6) is 5.75 Å². The third-order valence-electron chi connectivity index (χ3n) is 4.83. The first-order valence-corrected chi connectivity index (χ1v) is 11.7. The lowest BCUT2D eigenvalue weighted by Gasteiger charge is -2.18. The number of rotatable bonds is 8. The number of thioether (sulfide) groups is 1. The molecular formula is C24H23N3O2S2. The van der Waals surface area contributed by atoms with Gasteiger partial charge in [-0.15, -0.1) is 11.3 Å². The van der Waals surface area contributed by atoms with Crippen LogP contribution in [0.25, 0.3) is 5.69 Å². The normalized spacial score (nSPS) is 11.8. The molecule has 1 N–H and O–H groups in total. The van der Waals surface area contributed by atoms with Gasteiger partial charge < -0.3 is 10.1 Å². The Morgan fingerprint density at radius 1 is 1.16 bits per heavy atom. The van der Waals surface area contributed by atoms with Crippen LogP contribution in [0.4, 0.5) is 0 Å². The van der Waals surface area contributed by atoms with Crippen molar-refractivity contribution in [2.24, 2.45) is 0 Å². The zero-order valence-electron chi connectivity index (χ0n) is 17.3. The van der Waals surface area contributed by atoms with Gasteiger partial charge in [-0.3, -0.25) is 9.36 Å². The van der Waals surface area contributed by atoms with Gasteiger partial charge in [-0.25, -0.2) is 4.98 Å². The van der Waals surface area contributed by atoms with E-state index in [1.165, 1.54) is 17.3 Å². The summed E-state index contributed by atoms with van der Waals surface area (Å²) in [6, 6.07) is 19.9. The number of benzene rings is 2. The number of thiophene rings is 1. The van der Waals surface area contributed by atoms with E-state index in [-0.39, 0.29) is 17.7 Å². The fourth-order valence-electron chi connectivity index (χ4n) is 3.20. The van der Waals surface area contributed by atoms with Crippen molar-refractivity contribution in [1.82, 2.24) is 14.9 Å². The molecule has 0 spiro atoms. The Kier molecular flexibility index (Phi) is 6.74. The van der Waals surface area contributed by atoms with Crippen LogP contribution < -0.4 is 10.1 Å². The maximum atomic E-state index is 12.8. The summed E-state index contributed by atoms with van der Waals surface area (Å²) in [4.78, 5) is 18.4. The molecule has 1 atom stereocenters. The summed E-state index contributed by atoms with van der Waals surface area (Å²) in [6.07, 6.45) is 3.63. The molecule has 0 saturated carbocycles. The Morgan fingerprint density at radius 2 is 1.94 bits per heavy atom. The number of aryl methyl sites for hydroxylation is 1. The average molecular weight is 450 g/mol. The number of hydrogen-bond donors (Lipinski definition) is 1. The Hall–Kier alpha value is -3.03. The summed E-state index contributed by atoms with van der Waals surface area (Å²) >= 11 is 3.06. The van der Waals surface area contributed by atoms with E-state index in [4.69, 9.17) is 4.74 Å². The second-order valence-corrected chi connectivity index (χ2v) is 8.91. The first-order valence-electron chi connectivity index (χ1n) is 9.84. The minimum absolute atomic E-state index is 0.0340. The number of hydrogen-bond acceptors (Lipinski definition) is 5. The van der Waals surface area contributed by atoms with Gasteiger partial charge in [-0.1, -0.05) is 47.7 Å². The Balaban J connectivity index is 1.45. The SMILES string of the molecule is COc1ccc(-n2ccnc2SCC(=O)NC(c2ccc(C)cc2)c2cccs2)cc1. The zero-order valence-corrected chi connectivity index (χ0v) is 19.0. The molecule has 2 heterocycles. The number of nitrogens with zero attached hydrogens (tertiary/aromatic N) is 2. The van der Waals surface area contributed by atoms with E-state index < -0.39 is 0 Å². The van der Waals surface area contributed by atoms with Gasteiger partial charge in [0.1, 0.15) is 5.75 Å². The van der Waals surface area contributed by atoms with E-state index in [0.29, 0.717) is 0 Å². The summed E-state index contributed by atoms with van der Waals surface area (Å²) < 4.78 is 7.19. The molecule has 2 aromatic heterocycles. The number of carbonyl (C=O) groups is 1. The number of methoxy groups -OCH3 is 1. The molecule has 31 heavy (non-hydrogen) atoms. The van der Waals surface area contributed by atoms with Crippen LogP contribution in [-0.4, -0.2) is 28.3 Å². The lowest BCUT2D eigenvalue weighted by Crippen LogP contribution is -2.30. The fourth-order valence-corrected chi connectivity index (χ4v) is 4.79. The lowest BCUT2D eigenvalue weighted by atomic mass is 10.0. The summed E-state index contributed by atoms with van der Waals surface area (Å²) in [5.41, 5.74) is 3.24. The number of aromatic nitrogens is 2. The van der Waals surface area contributed by atoms with Crippen LogP contribution in [0.15, 0.2) is 83.6 Å². The van der Waals surface area contributed by atoms with Gasteiger partial charge in [0, 0.05) is 23.0 Å². The molecule has 0 aliphatic carbocycles. The van der Waals surface area contributed by atoms with Crippen LogP contribution in [0, 0.1) is 6.92 Å². The summed E-state index contributed by atoms with van der Waals surface area (Å²) in [7, 11) is 1.65. The minimum atomic E-state index is -0.157.